The molecule has 0 atom stereocenters. The van der Waals surface area contributed by atoms with Crippen LogP contribution < -0.4 is 20.1 Å². The number of aromatic nitrogens is 2. The molecule has 2 aromatic carbocycles. The number of aromatic carboxylic acids is 1. The highest BCUT2D eigenvalue weighted by Crippen LogP contribution is 2.31. The molecule has 0 aliphatic heterocycles. The predicted octanol–water partition coefficient (Wildman–Crippen LogP) is 3.68. The van der Waals surface area contributed by atoms with Gasteiger partial charge in [0.1, 0.15) is 29.5 Å². The SMILES string of the molecule is COc1ccc(OC)c(Nc2cc(Nc3ccccc3C(=O)O)ncn2)c1. The van der Waals surface area contributed by atoms with Crippen LogP contribution in [0.1, 0.15) is 10.4 Å². The van der Waals surface area contributed by atoms with E-state index >= 15 is 0 Å². The molecule has 0 fully saturated rings. The smallest absolute Gasteiger partial charge is 0.337 e. The van der Waals surface area contributed by atoms with Crippen molar-refractivity contribution in [2.24, 2.45) is 0 Å². The zero-order valence-corrected chi connectivity index (χ0v) is 14.8. The Morgan fingerprint density at radius 1 is 0.926 bits per heavy atom. The number of rotatable bonds is 7. The van der Waals surface area contributed by atoms with E-state index in [9.17, 15) is 9.90 Å². The molecule has 0 aliphatic carbocycles. The molecule has 0 amide bonds. The minimum absolute atomic E-state index is 0.153. The van der Waals surface area contributed by atoms with E-state index in [0.29, 0.717) is 34.5 Å². The Hall–Kier alpha value is -3.81. The number of hydrogen-bond acceptors (Lipinski definition) is 7. The third-order valence-electron chi connectivity index (χ3n) is 3.76. The Morgan fingerprint density at radius 2 is 1.63 bits per heavy atom. The molecule has 0 radical (unpaired) electrons. The summed E-state index contributed by atoms with van der Waals surface area (Å²) in [6.45, 7) is 0. The van der Waals surface area contributed by atoms with Crippen LogP contribution in [0.3, 0.4) is 0 Å². The zero-order chi connectivity index (χ0) is 19.2. The van der Waals surface area contributed by atoms with Crippen molar-refractivity contribution in [3.8, 4) is 11.5 Å². The molecule has 0 saturated heterocycles. The van der Waals surface area contributed by atoms with Crippen LogP contribution in [0.5, 0.6) is 11.5 Å². The second-order valence-electron chi connectivity index (χ2n) is 5.46. The number of nitrogens with zero attached hydrogens (tertiary/aromatic N) is 2. The van der Waals surface area contributed by atoms with Gasteiger partial charge in [-0.25, -0.2) is 14.8 Å². The van der Waals surface area contributed by atoms with Crippen molar-refractivity contribution in [2.45, 2.75) is 0 Å². The van der Waals surface area contributed by atoms with E-state index in [4.69, 9.17) is 9.47 Å². The van der Waals surface area contributed by atoms with Gasteiger partial charge in [-0.1, -0.05) is 12.1 Å². The molecule has 8 nitrogen and oxygen atoms in total. The molecule has 138 valence electrons. The maximum absolute atomic E-state index is 11.3. The Bertz CT molecular complexity index is 962. The van der Waals surface area contributed by atoms with E-state index in [0.717, 1.165) is 0 Å². The number of carboxylic acids is 1. The van der Waals surface area contributed by atoms with Gasteiger partial charge in [0.15, 0.2) is 0 Å². The number of benzene rings is 2. The molecule has 0 saturated carbocycles. The third-order valence-corrected chi connectivity index (χ3v) is 3.76. The fraction of sp³-hybridized carbons (Fsp3) is 0.105. The topological polar surface area (TPSA) is 106 Å². The average Bonchev–Trinajstić information content (AvgIpc) is 2.68. The second-order valence-corrected chi connectivity index (χ2v) is 5.46. The average molecular weight is 366 g/mol. The first-order valence-corrected chi connectivity index (χ1v) is 8.01. The van der Waals surface area contributed by atoms with Crippen molar-refractivity contribution in [2.75, 3.05) is 24.9 Å². The van der Waals surface area contributed by atoms with E-state index in [2.05, 4.69) is 20.6 Å². The summed E-state index contributed by atoms with van der Waals surface area (Å²) in [6.07, 6.45) is 1.38. The lowest BCUT2D eigenvalue weighted by molar-refractivity contribution is 0.0698. The van der Waals surface area contributed by atoms with Crippen LogP contribution in [0.4, 0.5) is 23.0 Å². The van der Waals surface area contributed by atoms with Crippen molar-refractivity contribution < 1.29 is 19.4 Å². The van der Waals surface area contributed by atoms with Crippen LogP contribution in [0.25, 0.3) is 0 Å². The van der Waals surface area contributed by atoms with E-state index in [-0.39, 0.29) is 5.56 Å². The first-order chi connectivity index (χ1) is 13.1. The fourth-order valence-corrected chi connectivity index (χ4v) is 2.46. The summed E-state index contributed by atoms with van der Waals surface area (Å²) in [5.41, 5.74) is 1.26. The number of carboxylic acid groups (broad SMARTS) is 1. The van der Waals surface area contributed by atoms with E-state index < -0.39 is 5.97 Å². The van der Waals surface area contributed by atoms with Gasteiger partial charge in [0.25, 0.3) is 0 Å². The standard InChI is InChI=1S/C19H18N4O4/c1-26-12-7-8-16(27-2)15(9-12)23-18-10-17(20-11-21-18)22-14-6-4-3-5-13(14)19(24)25/h3-11H,1-2H3,(H,24,25)(H2,20,21,22,23). The van der Waals surface area contributed by atoms with Gasteiger partial charge in [-0.05, 0) is 24.3 Å². The monoisotopic (exact) mass is 366 g/mol. The normalized spacial score (nSPS) is 10.1. The van der Waals surface area contributed by atoms with Crippen LogP contribution in [-0.2, 0) is 0 Å². The number of carbonyl (C=O) groups is 1. The molecular formula is C19H18N4O4. The number of para-hydroxylation sites is 1. The molecule has 0 aliphatic rings. The highest BCUT2D eigenvalue weighted by atomic mass is 16.5. The number of ether oxygens (including phenoxy) is 2. The van der Waals surface area contributed by atoms with E-state index in [1.807, 2.05) is 0 Å². The van der Waals surface area contributed by atoms with Gasteiger partial charge in [0.2, 0.25) is 0 Å². The summed E-state index contributed by atoms with van der Waals surface area (Å²) in [4.78, 5) is 19.7. The molecule has 1 aromatic heterocycles. The molecule has 0 unspecified atom stereocenters. The number of hydrogen-bond donors (Lipinski definition) is 3. The van der Waals surface area contributed by atoms with Gasteiger partial charge in [-0.3, -0.25) is 0 Å². The molecule has 3 rings (SSSR count). The van der Waals surface area contributed by atoms with E-state index in [1.54, 1.807) is 56.7 Å². The van der Waals surface area contributed by atoms with Crippen molar-refractivity contribution in [3.05, 3.63) is 60.4 Å². The largest absolute Gasteiger partial charge is 0.497 e. The van der Waals surface area contributed by atoms with Crippen LogP contribution in [0.2, 0.25) is 0 Å². The lowest BCUT2D eigenvalue weighted by Gasteiger charge is -2.13. The van der Waals surface area contributed by atoms with Gasteiger partial charge in [0.05, 0.1) is 31.2 Å². The quantitative estimate of drug-likeness (QED) is 0.581. The third kappa shape index (κ3) is 4.24. The van der Waals surface area contributed by atoms with Crippen LogP contribution >= 0.6 is 0 Å². The number of anilines is 4. The minimum Gasteiger partial charge on any atom is -0.497 e. The van der Waals surface area contributed by atoms with Gasteiger partial charge in [-0.2, -0.15) is 0 Å². The first kappa shape index (κ1) is 18.0. The zero-order valence-electron chi connectivity index (χ0n) is 14.8. The molecule has 27 heavy (non-hydrogen) atoms. The van der Waals surface area contributed by atoms with Crippen LogP contribution in [0, 0.1) is 0 Å². The van der Waals surface area contributed by atoms with Crippen molar-refractivity contribution in [1.82, 2.24) is 9.97 Å². The van der Waals surface area contributed by atoms with Crippen LogP contribution in [0.15, 0.2) is 54.9 Å². The predicted molar refractivity (Wildman–Crippen MR) is 102 cm³/mol. The summed E-state index contributed by atoms with van der Waals surface area (Å²) in [5.74, 6) is 1.22. The highest BCUT2D eigenvalue weighted by molar-refractivity contribution is 5.95. The van der Waals surface area contributed by atoms with Crippen molar-refractivity contribution in [3.63, 3.8) is 0 Å². The maximum Gasteiger partial charge on any atom is 0.337 e. The number of nitrogens with one attached hydrogen (secondary N) is 2. The van der Waals surface area contributed by atoms with Crippen molar-refractivity contribution in [1.29, 1.82) is 0 Å². The second kappa shape index (κ2) is 8.05. The number of methoxy groups -OCH3 is 2. The molecular weight excluding hydrogens is 348 g/mol. The fourth-order valence-electron chi connectivity index (χ4n) is 2.46. The lowest BCUT2D eigenvalue weighted by atomic mass is 10.2. The van der Waals surface area contributed by atoms with Gasteiger partial charge < -0.3 is 25.2 Å². The Morgan fingerprint density at radius 3 is 2.30 bits per heavy atom. The summed E-state index contributed by atoms with van der Waals surface area (Å²) in [5, 5.41) is 15.4. The Kier molecular flexibility index (Phi) is 5.36. The Labute approximate surface area is 155 Å². The molecule has 0 bridgehead atoms. The van der Waals surface area contributed by atoms with Crippen molar-refractivity contribution >= 4 is 29.0 Å². The Balaban J connectivity index is 1.86. The molecule has 3 N–H and O–H groups in total. The summed E-state index contributed by atoms with van der Waals surface area (Å²) < 4.78 is 10.6. The van der Waals surface area contributed by atoms with Gasteiger partial charge in [0, 0.05) is 12.1 Å². The van der Waals surface area contributed by atoms with E-state index in [1.165, 1.54) is 12.4 Å². The molecule has 8 heteroatoms. The maximum atomic E-state index is 11.3. The first-order valence-electron chi connectivity index (χ1n) is 8.01. The van der Waals surface area contributed by atoms with Gasteiger partial charge >= 0.3 is 5.97 Å². The van der Waals surface area contributed by atoms with Gasteiger partial charge in [-0.15, -0.1) is 0 Å². The molecule has 3 aromatic rings. The molecule has 0 spiro atoms. The minimum atomic E-state index is -1.02. The summed E-state index contributed by atoms with van der Waals surface area (Å²) in [7, 11) is 3.15. The lowest BCUT2D eigenvalue weighted by Crippen LogP contribution is -2.04. The molecule has 1 heterocycles. The van der Waals surface area contributed by atoms with Crippen LogP contribution in [-0.4, -0.2) is 35.3 Å². The summed E-state index contributed by atoms with van der Waals surface area (Å²) in [6, 6.07) is 13.6. The highest BCUT2D eigenvalue weighted by Gasteiger charge is 2.11. The summed E-state index contributed by atoms with van der Waals surface area (Å²) >= 11 is 0.